The number of hydrogen-bond donors (Lipinski definition) is 1. The predicted octanol–water partition coefficient (Wildman–Crippen LogP) is 5.55. The first-order valence-corrected chi connectivity index (χ1v) is 8.62. The van der Waals surface area contributed by atoms with Crippen molar-refractivity contribution in [3.05, 3.63) is 87.5 Å². The van der Waals surface area contributed by atoms with Gasteiger partial charge in [0, 0.05) is 12.1 Å². The lowest BCUT2D eigenvalue weighted by atomic mass is 10.1. The molecule has 0 bridgehead atoms. The smallest absolute Gasteiger partial charge is 0.343 e. The number of aromatic hydroxyl groups is 1. The Morgan fingerprint density at radius 2 is 1.48 bits per heavy atom. The number of azo groups is 1. The standard InChI is InChI=1S/C21H17N3O5/c1-13-11-17(12-14(2)20(13)25)23-22-16-5-3-15(4-6-16)21(26)29-19-9-7-18(8-10-19)24(27)28/h3-12,25H,1-2H3/b23-22+. The van der Waals surface area contributed by atoms with Crippen LogP contribution < -0.4 is 4.74 Å². The summed E-state index contributed by atoms with van der Waals surface area (Å²) in [6.07, 6.45) is 0. The van der Waals surface area contributed by atoms with Crippen molar-refractivity contribution in [2.45, 2.75) is 13.8 Å². The number of benzene rings is 3. The molecule has 0 aliphatic rings. The van der Waals surface area contributed by atoms with Crippen molar-refractivity contribution in [2.24, 2.45) is 10.2 Å². The number of rotatable bonds is 5. The van der Waals surface area contributed by atoms with Crippen LogP contribution in [0.3, 0.4) is 0 Å². The normalized spacial score (nSPS) is 10.8. The van der Waals surface area contributed by atoms with Crippen LogP contribution >= 0.6 is 0 Å². The summed E-state index contributed by atoms with van der Waals surface area (Å²) in [4.78, 5) is 22.3. The molecule has 0 aromatic heterocycles. The third-order valence-corrected chi connectivity index (χ3v) is 4.12. The van der Waals surface area contributed by atoms with Crippen molar-refractivity contribution < 1.29 is 19.6 Å². The highest BCUT2D eigenvalue weighted by Gasteiger charge is 2.10. The number of phenolic OH excluding ortho intramolecular Hbond substituents is 1. The van der Waals surface area contributed by atoms with Gasteiger partial charge in [-0.05, 0) is 73.5 Å². The number of aryl methyl sites for hydroxylation is 2. The quantitative estimate of drug-likeness (QED) is 0.201. The summed E-state index contributed by atoms with van der Waals surface area (Å²) >= 11 is 0. The van der Waals surface area contributed by atoms with E-state index in [1.807, 2.05) is 0 Å². The molecular formula is C21H17N3O5. The average molecular weight is 391 g/mol. The van der Waals surface area contributed by atoms with E-state index in [9.17, 15) is 20.0 Å². The lowest BCUT2D eigenvalue weighted by Crippen LogP contribution is -2.08. The van der Waals surface area contributed by atoms with Crippen LogP contribution in [0.5, 0.6) is 11.5 Å². The average Bonchev–Trinajstić information content (AvgIpc) is 2.71. The topological polar surface area (TPSA) is 114 Å². The Hall–Kier alpha value is -4.07. The number of phenols is 1. The maximum atomic E-state index is 12.2. The molecule has 0 aliphatic heterocycles. The molecule has 0 saturated heterocycles. The molecule has 0 atom stereocenters. The lowest BCUT2D eigenvalue weighted by Gasteiger charge is -2.05. The first kappa shape index (κ1) is 19.7. The molecule has 0 unspecified atom stereocenters. The zero-order valence-electron chi connectivity index (χ0n) is 15.7. The van der Waals surface area contributed by atoms with Gasteiger partial charge in [-0.1, -0.05) is 0 Å². The second-order valence-corrected chi connectivity index (χ2v) is 6.32. The second-order valence-electron chi connectivity index (χ2n) is 6.32. The summed E-state index contributed by atoms with van der Waals surface area (Å²) in [5.41, 5.74) is 2.79. The highest BCUT2D eigenvalue weighted by molar-refractivity contribution is 5.91. The first-order valence-electron chi connectivity index (χ1n) is 8.62. The molecular weight excluding hydrogens is 374 g/mol. The Balaban J connectivity index is 1.67. The van der Waals surface area contributed by atoms with Crippen molar-refractivity contribution in [2.75, 3.05) is 0 Å². The van der Waals surface area contributed by atoms with Gasteiger partial charge in [0.2, 0.25) is 0 Å². The van der Waals surface area contributed by atoms with Gasteiger partial charge in [-0.3, -0.25) is 10.1 Å². The molecule has 0 heterocycles. The number of non-ortho nitro benzene ring substituents is 1. The van der Waals surface area contributed by atoms with Crippen molar-refractivity contribution >= 4 is 23.0 Å². The minimum Gasteiger partial charge on any atom is -0.507 e. The largest absolute Gasteiger partial charge is 0.507 e. The summed E-state index contributed by atoms with van der Waals surface area (Å²) in [7, 11) is 0. The Morgan fingerprint density at radius 1 is 0.931 bits per heavy atom. The number of nitro benzene ring substituents is 1. The van der Waals surface area contributed by atoms with Crippen LogP contribution in [-0.4, -0.2) is 16.0 Å². The van der Waals surface area contributed by atoms with Crippen LogP contribution in [0.25, 0.3) is 0 Å². The maximum absolute atomic E-state index is 12.2. The van der Waals surface area contributed by atoms with Crippen molar-refractivity contribution in [3.8, 4) is 11.5 Å². The van der Waals surface area contributed by atoms with E-state index in [1.165, 1.54) is 24.3 Å². The molecule has 3 aromatic carbocycles. The molecule has 1 N–H and O–H groups in total. The van der Waals surface area contributed by atoms with Crippen molar-refractivity contribution in [3.63, 3.8) is 0 Å². The fourth-order valence-corrected chi connectivity index (χ4v) is 2.57. The summed E-state index contributed by atoms with van der Waals surface area (Å²) in [6.45, 7) is 3.57. The monoisotopic (exact) mass is 391 g/mol. The Bertz CT molecular complexity index is 1070. The van der Waals surface area contributed by atoms with Crippen LogP contribution in [-0.2, 0) is 0 Å². The molecule has 0 amide bonds. The molecule has 0 saturated carbocycles. The number of carbonyl (C=O) groups is 1. The van der Waals surface area contributed by atoms with E-state index in [-0.39, 0.29) is 17.2 Å². The van der Waals surface area contributed by atoms with E-state index in [1.54, 1.807) is 50.2 Å². The fourth-order valence-electron chi connectivity index (χ4n) is 2.57. The zero-order valence-corrected chi connectivity index (χ0v) is 15.7. The molecule has 8 heteroatoms. The highest BCUT2D eigenvalue weighted by atomic mass is 16.6. The van der Waals surface area contributed by atoms with Gasteiger partial charge in [0.15, 0.2) is 0 Å². The van der Waals surface area contributed by atoms with E-state index < -0.39 is 10.9 Å². The number of ether oxygens (including phenoxy) is 1. The molecule has 146 valence electrons. The van der Waals surface area contributed by atoms with Gasteiger partial charge >= 0.3 is 5.97 Å². The summed E-state index contributed by atoms with van der Waals surface area (Å²) in [6, 6.07) is 15.0. The molecule has 8 nitrogen and oxygen atoms in total. The number of nitrogens with zero attached hydrogens (tertiary/aromatic N) is 3. The Morgan fingerprint density at radius 3 is 2.03 bits per heavy atom. The maximum Gasteiger partial charge on any atom is 0.343 e. The number of hydrogen-bond acceptors (Lipinski definition) is 7. The molecule has 3 aromatic rings. The highest BCUT2D eigenvalue weighted by Crippen LogP contribution is 2.28. The van der Waals surface area contributed by atoms with E-state index >= 15 is 0 Å². The Labute approximate surface area is 166 Å². The van der Waals surface area contributed by atoms with E-state index in [4.69, 9.17) is 4.74 Å². The third-order valence-electron chi connectivity index (χ3n) is 4.12. The lowest BCUT2D eigenvalue weighted by molar-refractivity contribution is -0.384. The van der Waals surface area contributed by atoms with Crippen molar-refractivity contribution in [1.29, 1.82) is 0 Å². The van der Waals surface area contributed by atoms with Crippen LogP contribution in [0.2, 0.25) is 0 Å². The van der Waals surface area contributed by atoms with Crippen LogP contribution in [0.1, 0.15) is 21.5 Å². The summed E-state index contributed by atoms with van der Waals surface area (Å²) in [5.74, 6) is -0.144. The number of carbonyl (C=O) groups excluding carboxylic acids is 1. The predicted molar refractivity (Wildman–Crippen MR) is 106 cm³/mol. The molecule has 0 fully saturated rings. The van der Waals surface area contributed by atoms with E-state index in [0.29, 0.717) is 28.1 Å². The van der Waals surface area contributed by atoms with Crippen molar-refractivity contribution in [1.82, 2.24) is 0 Å². The van der Waals surface area contributed by atoms with Gasteiger partial charge in [-0.15, -0.1) is 0 Å². The van der Waals surface area contributed by atoms with Gasteiger partial charge in [-0.25, -0.2) is 4.79 Å². The van der Waals surface area contributed by atoms with Crippen LogP contribution in [0, 0.1) is 24.0 Å². The Kier molecular flexibility index (Phi) is 5.64. The van der Waals surface area contributed by atoms with Gasteiger partial charge in [-0.2, -0.15) is 10.2 Å². The fraction of sp³-hybridized carbons (Fsp3) is 0.0952. The molecule has 0 radical (unpaired) electrons. The minimum absolute atomic E-state index is 0.0847. The molecule has 3 rings (SSSR count). The van der Waals surface area contributed by atoms with Gasteiger partial charge in [0.25, 0.3) is 5.69 Å². The minimum atomic E-state index is -0.591. The van der Waals surface area contributed by atoms with Crippen LogP contribution in [0.15, 0.2) is 70.9 Å². The summed E-state index contributed by atoms with van der Waals surface area (Å²) in [5, 5.41) is 28.7. The number of nitro groups is 1. The molecule has 0 aliphatic carbocycles. The second kappa shape index (κ2) is 8.30. The summed E-state index contributed by atoms with van der Waals surface area (Å²) < 4.78 is 5.20. The zero-order chi connectivity index (χ0) is 21.0. The molecule has 29 heavy (non-hydrogen) atoms. The molecule has 0 spiro atoms. The van der Waals surface area contributed by atoms with E-state index in [0.717, 1.165) is 0 Å². The third kappa shape index (κ3) is 4.81. The van der Waals surface area contributed by atoms with Crippen LogP contribution in [0.4, 0.5) is 17.1 Å². The van der Waals surface area contributed by atoms with E-state index in [2.05, 4.69) is 10.2 Å². The first-order chi connectivity index (χ1) is 13.8. The number of esters is 1. The van der Waals surface area contributed by atoms with Gasteiger partial charge in [0.05, 0.1) is 21.9 Å². The van der Waals surface area contributed by atoms with Gasteiger partial charge in [0.1, 0.15) is 11.5 Å². The SMILES string of the molecule is Cc1cc(/N=N/c2ccc(C(=O)Oc3ccc([N+](=O)[O-])cc3)cc2)cc(C)c1O. The van der Waals surface area contributed by atoms with Gasteiger partial charge < -0.3 is 9.84 Å².